The largest absolute Gasteiger partial charge is 0.497 e. The number of hydrogen-bond donors (Lipinski definition) is 1. The predicted octanol–water partition coefficient (Wildman–Crippen LogP) is 14.3. The molecule has 8 aromatic rings. The number of nitrogens with zero attached hydrogens (tertiary/aromatic N) is 3. The predicted molar refractivity (Wildman–Crippen MR) is 284 cm³/mol. The highest BCUT2D eigenvalue weighted by atomic mass is 32.2. The lowest BCUT2D eigenvalue weighted by molar-refractivity contribution is 0.414. The van der Waals surface area contributed by atoms with Gasteiger partial charge in [-0.1, -0.05) is 54.1 Å². The quantitative estimate of drug-likeness (QED) is 0.0740. The molecule has 352 valence electrons. The van der Waals surface area contributed by atoms with Crippen LogP contribution < -0.4 is 33.6 Å². The molecule has 1 aliphatic heterocycles. The Hall–Kier alpha value is -7.82. The molecule has 0 bridgehead atoms. The molecule has 1 aliphatic rings. The Morgan fingerprint density at radius 1 is 0.486 bits per heavy atom. The molecule has 0 fully saturated rings. The lowest BCUT2D eigenvalue weighted by Gasteiger charge is -2.34. The van der Waals surface area contributed by atoms with Gasteiger partial charge in [0.1, 0.15) is 28.2 Å². The van der Waals surface area contributed by atoms with E-state index in [-0.39, 0.29) is 13.0 Å². The molecule has 1 heterocycles. The maximum absolute atomic E-state index is 12.6. The third-order valence-corrected chi connectivity index (χ3v) is 14.4. The maximum Gasteiger partial charge on any atom is 0.279 e. The Bertz CT molecular complexity index is 2980. The second-order valence-electron chi connectivity index (χ2n) is 16.4. The van der Waals surface area contributed by atoms with Crippen molar-refractivity contribution in [3.8, 4) is 57.1 Å². The summed E-state index contributed by atoms with van der Waals surface area (Å²) in [6.07, 6.45) is 0.0835. The average molecular weight is 966 g/mol. The first kappa shape index (κ1) is 47.3. The molecule has 0 radical (unpaired) electrons. The SMILES string of the molecule is CC#CC(CCN1c2cc(-c3ccc(N(c4ccc(OC)cc4)c4ccc(OC)cc4)cc3)ccc2Sc2ccc(-c3ccc(N(c4ccc(OC)cc4)c4ccc(OC)cc4)cc3)cc21)S(=O)(=O)O. The maximum atomic E-state index is 12.6. The van der Waals surface area contributed by atoms with Gasteiger partial charge in [0, 0.05) is 50.5 Å². The van der Waals surface area contributed by atoms with Crippen molar-refractivity contribution in [3.63, 3.8) is 0 Å². The van der Waals surface area contributed by atoms with Crippen molar-refractivity contribution in [2.75, 3.05) is 49.7 Å². The normalized spacial score (nSPS) is 12.1. The number of methoxy groups -OCH3 is 4. The van der Waals surface area contributed by atoms with Gasteiger partial charge in [-0.05, 0) is 181 Å². The third-order valence-electron chi connectivity index (χ3n) is 12.2. The van der Waals surface area contributed by atoms with Crippen LogP contribution in [-0.4, -0.2) is 53.2 Å². The van der Waals surface area contributed by atoms with Crippen molar-refractivity contribution < 1.29 is 31.9 Å². The van der Waals surface area contributed by atoms with E-state index in [1.807, 2.05) is 97.1 Å². The fourth-order valence-corrected chi connectivity index (χ4v) is 10.3. The topological polar surface area (TPSA) is 101 Å². The smallest absolute Gasteiger partial charge is 0.279 e. The summed E-state index contributed by atoms with van der Waals surface area (Å²) >= 11 is 1.67. The number of rotatable bonds is 16. The minimum Gasteiger partial charge on any atom is -0.497 e. The Morgan fingerprint density at radius 2 is 0.786 bits per heavy atom. The molecule has 0 aliphatic carbocycles. The molecule has 1 N–H and O–H groups in total. The molecule has 8 aromatic carbocycles. The summed E-state index contributed by atoms with van der Waals surface area (Å²) in [4.78, 5) is 8.57. The van der Waals surface area contributed by atoms with Gasteiger partial charge in [0.05, 0.1) is 39.8 Å². The van der Waals surface area contributed by atoms with Crippen LogP contribution in [0.25, 0.3) is 22.3 Å². The minimum atomic E-state index is -4.44. The monoisotopic (exact) mass is 965 g/mol. The van der Waals surface area contributed by atoms with Gasteiger partial charge in [-0.2, -0.15) is 8.42 Å². The van der Waals surface area contributed by atoms with E-state index in [0.29, 0.717) is 0 Å². The summed E-state index contributed by atoms with van der Waals surface area (Å²) in [5, 5.41) is -1.25. The molecule has 1 atom stereocenters. The van der Waals surface area contributed by atoms with E-state index in [2.05, 4.69) is 111 Å². The highest BCUT2D eigenvalue weighted by molar-refractivity contribution is 7.99. The minimum absolute atomic E-state index is 0.0835. The zero-order chi connectivity index (χ0) is 48.8. The van der Waals surface area contributed by atoms with Crippen LogP contribution in [0.2, 0.25) is 0 Å². The summed E-state index contributed by atoms with van der Waals surface area (Å²) < 4.78 is 57.3. The number of anilines is 8. The molecule has 70 heavy (non-hydrogen) atoms. The Kier molecular flexibility index (Phi) is 14.0. The van der Waals surface area contributed by atoms with Crippen molar-refractivity contribution >= 4 is 67.4 Å². The van der Waals surface area contributed by atoms with Crippen LogP contribution in [0.1, 0.15) is 13.3 Å². The highest BCUT2D eigenvalue weighted by Gasteiger charge is 2.28. The molecular formula is C58H51N3O7S2. The number of benzene rings is 8. The van der Waals surface area contributed by atoms with Crippen LogP contribution >= 0.6 is 11.8 Å². The Labute approximate surface area is 414 Å². The highest BCUT2D eigenvalue weighted by Crippen LogP contribution is 2.51. The summed E-state index contributed by atoms with van der Waals surface area (Å²) in [7, 11) is 2.19. The molecule has 0 saturated carbocycles. The second kappa shape index (κ2) is 20.8. The van der Waals surface area contributed by atoms with Crippen LogP contribution in [0.15, 0.2) is 192 Å². The van der Waals surface area contributed by atoms with Crippen molar-refractivity contribution in [1.82, 2.24) is 0 Å². The molecule has 0 aromatic heterocycles. The van der Waals surface area contributed by atoms with Gasteiger partial charge >= 0.3 is 0 Å². The van der Waals surface area contributed by atoms with E-state index in [1.165, 1.54) is 0 Å². The van der Waals surface area contributed by atoms with Gasteiger partial charge in [0.25, 0.3) is 10.1 Å². The number of fused-ring (bicyclic) bond motifs is 2. The first-order valence-electron chi connectivity index (χ1n) is 22.6. The van der Waals surface area contributed by atoms with Crippen molar-refractivity contribution in [1.29, 1.82) is 0 Å². The summed E-state index contributed by atoms with van der Waals surface area (Å²) in [6, 6.07) is 61.5. The molecule has 12 heteroatoms. The van der Waals surface area contributed by atoms with Crippen LogP contribution in [0.3, 0.4) is 0 Å². The van der Waals surface area contributed by atoms with Crippen LogP contribution in [-0.2, 0) is 10.1 Å². The molecule has 9 rings (SSSR count). The van der Waals surface area contributed by atoms with Gasteiger partial charge in [-0.25, -0.2) is 0 Å². The second-order valence-corrected chi connectivity index (χ2v) is 19.0. The zero-order valence-corrected chi connectivity index (χ0v) is 41.0. The standard InChI is InChI=1S/C58H51N3O7S2/c1-6-7-54(70(62,63)64)36-37-59-55-38-42(40-8-14-44(15-9-40)60(46-18-26-50(65-2)27-19-46)47-20-28-51(66-3)29-21-47)12-34-57(55)69-58-35-13-43(39-56(58)59)41-10-16-45(17-11-41)61(48-22-30-52(67-4)31-23-48)49-24-32-53(68-5)33-25-49/h8-35,38-39,54H,36-37H2,1-5H3,(H,62,63,64). The van der Waals surface area contributed by atoms with Gasteiger partial charge < -0.3 is 33.6 Å². The van der Waals surface area contributed by atoms with Gasteiger partial charge in [0.15, 0.2) is 0 Å². The van der Waals surface area contributed by atoms with Gasteiger partial charge in [-0.3, -0.25) is 4.55 Å². The molecular weight excluding hydrogens is 915 g/mol. The first-order chi connectivity index (χ1) is 34.1. The van der Waals surface area contributed by atoms with E-state index >= 15 is 0 Å². The van der Waals surface area contributed by atoms with E-state index < -0.39 is 15.4 Å². The molecule has 0 amide bonds. The fourth-order valence-electron chi connectivity index (χ4n) is 8.61. The summed E-state index contributed by atoms with van der Waals surface area (Å²) in [5.41, 5.74) is 11.6. The van der Waals surface area contributed by atoms with E-state index in [9.17, 15) is 13.0 Å². The molecule has 0 spiro atoms. The van der Waals surface area contributed by atoms with Gasteiger partial charge in [0.2, 0.25) is 0 Å². The van der Waals surface area contributed by atoms with Crippen molar-refractivity contribution in [2.45, 2.75) is 28.4 Å². The van der Waals surface area contributed by atoms with E-state index in [1.54, 1.807) is 47.1 Å². The lowest BCUT2D eigenvalue weighted by atomic mass is 10.0. The summed E-state index contributed by atoms with van der Waals surface area (Å²) in [6.45, 7) is 1.86. The lowest BCUT2D eigenvalue weighted by Crippen LogP contribution is -2.28. The number of hydrogen-bond acceptors (Lipinski definition) is 10. The van der Waals surface area contributed by atoms with Crippen LogP contribution in [0.4, 0.5) is 45.5 Å². The zero-order valence-electron chi connectivity index (χ0n) is 39.4. The third kappa shape index (κ3) is 10.1. The summed E-state index contributed by atoms with van der Waals surface area (Å²) in [5.74, 6) is 8.52. The Balaban J connectivity index is 1.06. The fraction of sp³-hybridized carbons (Fsp3) is 0.138. The average Bonchev–Trinajstić information content (AvgIpc) is 3.40. The van der Waals surface area contributed by atoms with Crippen LogP contribution in [0, 0.1) is 11.8 Å². The molecule has 1 unspecified atom stereocenters. The first-order valence-corrected chi connectivity index (χ1v) is 24.9. The van der Waals surface area contributed by atoms with Crippen molar-refractivity contribution in [3.05, 3.63) is 182 Å². The van der Waals surface area contributed by atoms with E-state index in [0.717, 1.165) is 101 Å². The van der Waals surface area contributed by atoms with E-state index in [4.69, 9.17) is 18.9 Å². The Morgan fingerprint density at radius 3 is 1.07 bits per heavy atom. The molecule has 0 saturated heterocycles. The number of ether oxygens (including phenoxy) is 4. The van der Waals surface area contributed by atoms with Crippen LogP contribution in [0.5, 0.6) is 23.0 Å². The van der Waals surface area contributed by atoms with Gasteiger partial charge in [-0.15, -0.1) is 5.92 Å². The molecule has 10 nitrogen and oxygen atoms in total. The van der Waals surface area contributed by atoms with Crippen molar-refractivity contribution in [2.24, 2.45) is 0 Å².